The number of hydrogen-bond donors (Lipinski definition) is 1. The van der Waals surface area contributed by atoms with Gasteiger partial charge in [-0.2, -0.15) is 4.55 Å². The van der Waals surface area contributed by atoms with Gasteiger partial charge in [0, 0.05) is 15.9 Å². The van der Waals surface area contributed by atoms with Gasteiger partial charge < -0.3 is 4.74 Å². The number of unbranched alkanes of at least 4 members (excludes halogenated alkanes) is 7. The summed E-state index contributed by atoms with van der Waals surface area (Å²) in [4.78, 5) is 0.858. The Morgan fingerprint density at radius 2 is 1.39 bits per heavy atom. The lowest BCUT2D eigenvalue weighted by Crippen LogP contribution is -1.93. The molecular weight excluding hydrogens is 424 g/mol. The van der Waals surface area contributed by atoms with Crippen molar-refractivity contribution in [1.82, 2.24) is 0 Å². The lowest BCUT2D eigenvalue weighted by atomic mass is 9.99. The van der Waals surface area contributed by atoms with E-state index in [1.807, 2.05) is 36.4 Å². The highest BCUT2D eigenvalue weighted by molar-refractivity contribution is 8.15. The quantitative estimate of drug-likeness (QED) is 0.212. The van der Waals surface area contributed by atoms with Gasteiger partial charge in [-0.15, -0.1) is 0 Å². The summed E-state index contributed by atoms with van der Waals surface area (Å²) >= 11 is -1.58. The minimum atomic E-state index is -1.58. The molecule has 0 fully saturated rings. The smallest absolute Gasteiger partial charge is 0.142 e. The van der Waals surface area contributed by atoms with Gasteiger partial charge in [0.2, 0.25) is 0 Å². The van der Waals surface area contributed by atoms with Crippen LogP contribution in [0.5, 0.6) is 5.75 Å². The standard InChI is InChI=1S/C30H35O2S/c1-2-3-4-5-6-7-8-10-13-24-16-18-25(19-17-24)26-20-21-28-29(23-33(31)30(28)22-26)32-27-14-11-9-12-15-27/h9,11-12,14-23,33H,2-8,10,13H2,1H3. The molecule has 3 heteroatoms. The molecule has 4 rings (SSSR count). The summed E-state index contributed by atoms with van der Waals surface area (Å²) in [6.07, 6.45) is 12.0. The van der Waals surface area contributed by atoms with Gasteiger partial charge in [-0.25, -0.2) is 0 Å². The second-order valence-corrected chi connectivity index (χ2v) is 10.3. The molecule has 1 unspecified atom stereocenters. The van der Waals surface area contributed by atoms with Crippen molar-refractivity contribution in [2.75, 3.05) is 0 Å². The number of ether oxygens (including phenoxy) is 1. The van der Waals surface area contributed by atoms with Gasteiger partial charge >= 0.3 is 0 Å². The average Bonchev–Trinajstić information content (AvgIpc) is 3.16. The van der Waals surface area contributed by atoms with Crippen molar-refractivity contribution in [2.24, 2.45) is 0 Å². The highest BCUT2D eigenvalue weighted by atomic mass is 32.2. The number of rotatable bonds is 12. The van der Waals surface area contributed by atoms with E-state index in [0.29, 0.717) is 5.76 Å². The molecule has 1 aliphatic heterocycles. The van der Waals surface area contributed by atoms with Crippen LogP contribution in [0.4, 0.5) is 0 Å². The molecule has 173 valence electrons. The lowest BCUT2D eigenvalue weighted by molar-refractivity contribution is 0.515. The van der Waals surface area contributed by atoms with E-state index in [1.54, 1.807) is 5.41 Å². The van der Waals surface area contributed by atoms with Crippen LogP contribution in [0, 0.1) is 0 Å². The van der Waals surface area contributed by atoms with Crippen LogP contribution in [0.25, 0.3) is 16.9 Å². The van der Waals surface area contributed by atoms with Crippen molar-refractivity contribution in [3.63, 3.8) is 0 Å². The molecule has 0 spiro atoms. The minimum absolute atomic E-state index is 0.685. The van der Waals surface area contributed by atoms with Crippen LogP contribution in [0.2, 0.25) is 0 Å². The third-order valence-electron chi connectivity index (χ3n) is 6.31. The van der Waals surface area contributed by atoms with E-state index in [-0.39, 0.29) is 0 Å². The monoisotopic (exact) mass is 459 g/mol. The Kier molecular flexibility index (Phi) is 8.68. The van der Waals surface area contributed by atoms with Crippen LogP contribution >= 0.6 is 11.2 Å². The molecule has 0 saturated carbocycles. The molecule has 1 aliphatic rings. The first-order valence-corrected chi connectivity index (χ1v) is 13.7. The van der Waals surface area contributed by atoms with Gasteiger partial charge in [0.05, 0.1) is 0 Å². The fraction of sp³-hybridized carbons (Fsp3) is 0.333. The van der Waals surface area contributed by atoms with Crippen LogP contribution in [0.1, 0.15) is 69.4 Å². The van der Waals surface area contributed by atoms with Gasteiger partial charge in [-0.3, -0.25) is 0 Å². The number of hydrogen-bond acceptors (Lipinski definition) is 1. The molecule has 3 aromatic rings. The van der Waals surface area contributed by atoms with Crippen molar-refractivity contribution in [2.45, 2.75) is 69.6 Å². The topological polar surface area (TPSA) is 29.1 Å². The zero-order valence-corrected chi connectivity index (χ0v) is 20.5. The molecular formula is C30H35O2S. The molecule has 3 aromatic carbocycles. The summed E-state index contributed by atoms with van der Waals surface area (Å²) in [5.74, 6) is 1.45. The first-order chi connectivity index (χ1) is 16.2. The molecule has 0 aromatic heterocycles. The number of thiol groups is 1. The highest BCUT2D eigenvalue weighted by Crippen LogP contribution is 2.49. The number of benzene rings is 3. The summed E-state index contributed by atoms with van der Waals surface area (Å²) in [7, 11) is 0. The van der Waals surface area contributed by atoms with E-state index in [1.165, 1.54) is 62.5 Å². The molecule has 0 amide bonds. The second-order valence-electron chi connectivity index (χ2n) is 8.89. The van der Waals surface area contributed by atoms with Crippen molar-refractivity contribution in [3.8, 4) is 16.9 Å². The van der Waals surface area contributed by atoms with Gasteiger partial charge in [-0.1, -0.05) is 112 Å². The van der Waals surface area contributed by atoms with Crippen LogP contribution in [0.3, 0.4) is 0 Å². The molecule has 0 aliphatic carbocycles. The molecule has 33 heavy (non-hydrogen) atoms. The van der Waals surface area contributed by atoms with Gasteiger partial charge in [0.15, 0.2) is 0 Å². The molecule has 1 atom stereocenters. The number of aryl methyl sites for hydroxylation is 1. The summed E-state index contributed by atoms with van der Waals surface area (Å²) in [6, 6.07) is 24.7. The Hall–Kier alpha value is -2.49. The number of para-hydroxylation sites is 1. The summed E-state index contributed by atoms with van der Waals surface area (Å²) in [6.45, 7) is 2.27. The lowest BCUT2D eigenvalue weighted by Gasteiger charge is -2.11. The van der Waals surface area contributed by atoms with Crippen molar-refractivity contribution in [3.05, 3.63) is 89.3 Å². The fourth-order valence-electron chi connectivity index (χ4n) is 4.37. The Labute approximate surface area is 201 Å². The van der Waals surface area contributed by atoms with E-state index >= 15 is 0 Å². The van der Waals surface area contributed by atoms with E-state index in [0.717, 1.165) is 28.2 Å². The van der Waals surface area contributed by atoms with Gasteiger partial charge in [-0.05, 0) is 53.8 Å². The SMILES string of the molecule is CCCCCCCCCCc1ccc(-c2ccc3c(c2)[SH]([O])C=C3Oc2ccccc2)cc1. The zero-order valence-electron chi connectivity index (χ0n) is 19.6. The predicted octanol–water partition coefficient (Wildman–Crippen LogP) is 9.13. The zero-order chi connectivity index (χ0) is 22.9. The molecule has 2 nitrogen and oxygen atoms in total. The number of fused-ring (bicyclic) bond motifs is 1. The molecule has 0 bridgehead atoms. The fourth-order valence-corrected chi connectivity index (χ4v) is 5.60. The van der Waals surface area contributed by atoms with Crippen molar-refractivity contribution in [1.29, 1.82) is 0 Å². The van der Waals surface area contributed by atoms with E-state index in [9.17, 15) is 4.55 Å². The maximum atomic E-state index is 12.7. The van der Waals surface area contributed by atoms with E-state index in [2.05, 4.69) is 43.3 Å². The van der Waals surface area contributed by atoms with Crippen LogP contribution < -0.4 is 4.74 Å². The average molecular weight is 460 g/mol. The summed E-state index contributed by atoms with van der Waals surface area (Å²) in [5, 5.41) is 1.74. The van der Waals surface area contributed by atoms with Gasteiger partial charge in [0.1, 0.15) is 11.5 Å². The largest absolute Gasteiger partial charge is 0.456 e. The molecule has 1 radical (unpaired) electrons. The Balaban J connectivity index is 1.32. The Morgan fingerprint density at radius 3 is 2.12 bits per heavy atom. The molecule has 0 saturated heterocycles. The summed E-state index contributed by atoms with van der Waals surface area (Å²) < 4.78 is 18.7. The van der Waals surface area contributed by atoms with Crippen LogP contribution in [-0.2, 0) is 11.0 Å². The Morgan fingerprint density at radius 1 is 0.727 bits per heavy atom. The van der Waals surface area contributed by atoms with Crippen LogP contribution in [0.15, 0.2) is 83.1 Å². The first kappa shape index (κ1) is 23.7. The Bertz CT molecular complexity index is 1040. The first-order valence-electron chi connectivity index (χ1n) is 12.4. The normalized spacial score (nSPS) is 15.8. The predicted molar refractivity (Wildman–Crippen MR) is 141 cm³/mol. The van der Waals surface area contributed by atoms with Crippen molar-refractivity contribution < 1.29 is 9.29 Å². The third-order valence-corrected chi connectivity index (χ3v) is 7.63. The minimum Gasteiger partial charge on any atom is -0.456 e. The highest BCUT2D eigenvalue weighted by Gasteiger charge is 2.23. The van der Waals surface area contributed by atoms with Crippen LogP contribution in [-0.4, -0.2) is 0 Å². The van der Waals surface area contributed by atoms with Gasteiger partial charge in [0.25, 0.3) is 0 Å². The maximum Gasteiger partial charge on any atom is 0.142 e. The summed E-state index contributed by atoms with van der Waals surface area (Å²) in [5.41, 5.74) is 4.59. The van der Waals surface area contributed by atoms with E-state index in [4.69, 9.17) is 4.74 Å². The second kappa shape index (κ2) is 12.1. The maximum absolute atomic E-state index is 12.7. The molecule has 0 N–H and O–H groups in total. The third kappa shape index (κ3) is 6.52. The van der Waals surface area contributed by atoms with Crippen molar-refractivity contribution >= 4 is 16.9 Å². The molecule has 1 heterocycles. The van der Waals surface area contributed by atoms with E-state index < -0.39 is 11.2 Å².